The highest BCUT2D eigenvalue weighted by Crippen LogP contribution is 2.19. The summed E-state index contributed by atoms with van der Waals surface area (Å²) in [6.45, 7) is 2.54. The number of amides is 2. The molecule has 6 heteroatoms. The number of benzene rings is 1. The van der Waals surface area contributed by atoms with Crippen molar-refractivity contribution in [3.63, 3.8) is 0 Å². The van der Waals surface area contributed by atoms with E-state index in [-0.39, 0.29) is 12.5 Å². The number of fused-ring (bicyclic) bond motifs is 1. The van der Waals surface area contributed by atoms with E-state index < -0.39 is 11.8 Å². The fourth-order valence-corrected chi connectivity index (χ4v) is 2.78. The van der Waals surface area contributed by atoms with Crippen LogP contribution in [0.25, 0.3) is 10.9 Å². The predicted octanol–water partition coefficient (Wildman–Crippen LogP) is 2.03. The SMILES string of the molecule is CCCC(CCO)CNC(=O)C(=O)Nc1ccc2ccn(C)c2c1. The van der Waals surface area contributed by atoms with E-state index in [1.807, 2.05) is 36.0 Å². The summed E-state index contributed by atoms with van der Waals surface area (Å²) in [6.07, 6.45) is 4.45. The maximum atomic E-state index is 12.0. The molecule has 0 saturated carbocycles. The minimum Gasteiger partial charge on any atom is -0.396 e. The van der Waals surface area contributed by atoms with Crippen molar-refractivity contribution in [2.45, 2.75) is 26.2 Å². The molecule has 1 unspecified atom stereocenters. The van der Waals surface area contributed by atoms with Gasteiger partial charge in [0, 0.05) is 37.6 Å². The van der Waals surface area contributed by atoms with Gasteiger partial charge in [0.05, 0.1) is 0 Å². The van der Waals surface area contributed by atoms with Crippen LogP contribution in [0, 0.1) is 5.92 Å². The zero-order valence-electron chi connectivity index (χ0n) is 14.2. The van der Waals surface area contributed by atoms with Gasteiger partial charge in [-0.25, -0.2) is 0 Å². The Morgan fingerprint density at radius 3 is 2.71 bits per heavy atom. The van der Waals surface area contributed by atoms with E-state index in [2.05, 4.69) is 17.6 Å². The molecule has 1 aromatic carbocycles. The Bertz CT molecular complexity index is 703. The molecule has 2 amide bonds. The summed E-state index contributed by atoms with van der Waals surface area (Å²) in [5, 5.41) is 15.4. The van der Waals surface area contributed by atoms with Crippen LogP contribution in [0.3, 0.4) is 0 Å². The molecule has 0 bridgehead atoms. The molecule has 0 spiro atoms. The van der Waals surface area contributed by atoms with Gasteiger partial charge in [0.25, 0.3) is 0 Å². The molecule has 24 heavy (non-hydrogen) atoms. The molecule has 6 nitrogen and oxygen atoms in total. The van der Waals surface area contributed by atoms with Gasteiger partial charge in [-0.1, -0.05) is 19.4 Å². The van der Waals surface area contributed by atoms with Gasteiger partial charge in [0.15, 0.2) is 0 Å². The van der Waals surface area contributed by atoms with Gasteiger partial charge in [0.1, 0.15) is 0 Å². The average Bonchev–Trinajstić information content (AvgIpc) is 2.93. The Hall–Kier alpha value is -2.34. The second-order valence-electron chi connectivity index (χ2n) is 6.03. The molecule has 130 valence electrons. The number of carbonyl (C=O) groups is 2. The van der Waals surface area contributed by atoms with E-state index >= 15 is 0 Å². The number of anilines is 1. The number of hydrogen-bond acceptors (Lipinski definition) is 3. The maximum Gasteiger partial charge on any atom is 0.313 e. The molecule has 0 aliphatic carbocycles. The lowest BCUT2D eigenvalue weighted by atomic mass is 10.0. The first-order valence-corrected chi connectivity index (χ1v) is 8.30. The number of aliphatic hydroxyl groups is 1. The molecular formula is C18H25N3O3. The molecule has 1 aromatic heterocycles. The number of carbonyl (C=O) groups excluding carboxylic acids is 2. The number of hydrogen-bond donors (Lipinski definition) is 3. The van der Waals surface area contributed by atoms with Gasteiger partial charge >= 0.3 is 11.8 Å². The van der Waals surface area contributed by atoms with E-state index in [9.17, 15) is 9.59 Å². The Morgan fingerprint density at radius 1 is 1.21 bits per heavy atom. The summed E-state index contributed by atoms with van der Waals surface area (Å²) in [5.41, 5.74) is 1.57. The van der Waals surface area contributed by atoms with Crippen LogP contribution >= 0.6 is 0 Å². The van der Waals surface area contributed by atoms with Gasteiger partial charge in [0.2, 0.25) is 0 Å². The topological polar surface area (TPSA) is 83.4 Å². The van der Waals surface area contributed by atoms with Crippen LogP contribution < -0.4 is 10.6 Å². The van der Waals surface area contributed by atoms with Crippen LogP contribution in [0.4, 0.5) is 5.69 Å². The van der Waals surface area contributed by atoms with Crippen molar-refractivity contribution in [2.75, 3.05) is 18.5 Å². The fourth-order valence-electron chi connectivity index (χ4n) is 2.78. The Labute approximate surface area is 141 Å². The van der Waals surface area contributed by atoms with E-state index in [1.54, 1.807) is 6.07 Å². The summed E-state index contributed by atoms with van der Waals surface area (Å²) in [7, 11) is 1.93. The van der Waals surface area contributed by atoms with Crippen molar-refractivity contribution in [3.8, 4) is 0 Å². The average molecular weight is 331 g/mol. The summed E-state index contributed by atoms with van der Waals surface area (Å²) in [6, 6.07) is 7.51. The molecular weight excluding hydrogens is 306 g/mol. The second-order valence-corrected chi connectivity index (χ2v) is 6.03. The molecule has 0 aliphatic rings. The van der Waals surface area contributed by atoms with Crippen molar-refractivity contribution in [2.24, 2.45) is 13.0 Å². The minimum atomic E-state index is -0.678. The first kappa shape index (κ1) is 18.0. The number of rotatable bonds is 7. The number of aromatic nitrogens is 1. The largest absolute Gasteiger partial charge is 0.396 e. The number of aliphatic hydroxyl groups excluding tert-OH is 1. The number of nitrogens with zero attached hydrogens (tertiary/aromatic N) is 1. The van der Waals surface area contributed by atoms with Gasteiger partial charge in [-0.3, -0.25) is 9.59 Å². The van der Waals surface area contributed by atoms with Gasteiger partial charge in [-0.05, 0) is 42.3 Å². The standard InChI is InChI=1S/C18H25N3O3/c1-3-4-13(8-10-22)12-19-17(23)18(24)20-15-6-5-14-7-9-21(2)16(14)11-15/h5-7,9,11,13,22H,3-4,8,10,12H2,1-2H3,(H,19,23)(H,20,24). The molecule has 2 aromatic rings. The maximum absolute atomic E-state index is 12.0. The summed E-state index contributed by atoms with van der Waals surface area (Å²) >= 11 is 0. The first-order chi connectivity index (χ1) is 11.5. The second kappa shape index (κ2) is 8.49. The quantitative estimate of drug-likeness (QED) is 0.679. The van der Waals surface area contributed by atoms with E-state index in [1.165, 1.54) is 0 Å². The third-order valence-electron chi connectivity index (χ3n) is 4.14. The molecule has 0 fully saturated rings. The van der Waals surface area contributed by atoms with Crippen molar-refractivity contribution in [3.05, 3.63) is 30.5 Å². The molecule has 0 radical (unpaired) electrons. The lowest BCUT2D eigenvalue weighted by molar-refractivity contribution is -0.136. The van der Waals surface area contributed by atoms with Crippen LogP contribution in [0.1, 0.15) is 26.2 Å². The van der Waals surface area contributed by atoms with Crippen LogP contribution in [-0.4, -0.2) is 34.6 Å². The normalized spacial score (nSPS) is 12.1. The van der Waals surface area contributed by atoms with Crippen LogP contribution in [0.15, 0.2) is 30.5 Å². The summed E-state index contributed by atoms with van der Waals surface area (Å²) < 4.78 is 1.95. The van der Waals surface area contributed by atoms with E-state index in [0.29, 0.717) is 18.7 Å². The monoisotopic (exact) mass is 331 g/mol. The fraction of sp³-hybridized carbons (Fsp3) is 0.444. The van der Waals surface area contributed by atoms with Crippen LogP contribution in [0.5, 0.6) is 0 Å². The van der Waals surface area contributed by atoms with Crippen molar-refractivity contribution in [1.82, 2.24) is 9.88 Å². The van der Waals surface area contributed by atoms with Gasteiger partial charge in [-0.2, -0.15) is 0 Å². The smallest absolute Gasteiger partial charge is 0.313 e. The lowest BCUT2D eigenvalue weighted by Crippen LogP contribution is -2.38. The molecule has 1 atom stereocenters. The van der Waals surface area contributed by atoms with E-state index in [0.717, 1.165) is 23.7 Å². The highest BCUT2D eigenvalue weighted by atomic mass is 16.3. The Kier molecular flexibility index (Phi) is 6.37. The molecule has 0 saturated heterocycles. The van der Waals surface area contributed by atoms with Crippen LogP contribution in [0.2, 0.25) is 0 Å². The first-order valence-electron chi connectivity index (χ1n) is 8.30. The Morgan fingerprint density at radius 2 is 2.00 bits per heavy atom. The number of aryl methyl sites for hydroxylation is 1. The zero-order valence-corrected chi connectivity index (χ0v) is 14.2. The number of nitrogens with one attached hydrogen (secondary N) is 2. The Balaban J connectivity index is 1.92. The van der Waals surface area contributed by atoms with Crippen LogP contribution in [-0.2, 0) is 16.6 Å². The van der Waals surface area contributed by atoms with Crippen molar-refractivity contribution < 1.29 is 14.7 Å². The van der Waals surface area contributed by atoms with E-state index in [4.69, 9.17) is 5.11 Å². The highest BCUT2D eigenvalue weighted by Gasteiger charge is 2.16. The predicted molar refractivity (Wildman–Crippen MR) is 94.7 cm³/mol. The minimum absolute atomic E-state index is 0.0867. The third kappa shape index (κ3) is 4.58. The molecule has 0 aliphatic heterocycles. The van der Waals surface area contributed by atoms with Crippen molar-refractivity contribution >= 4 is 28.4 Å². The third-order valence-corrected chi connectivity index (χ3v) is 4.14. The zero-order chi connectivity index (χ0) is 17.5. The molecule has 3 N–H and O–H groups in total. The van der Waals surface area contributed by atoms with Gasteiger partial charge in [-0.15, -0.1) is 0 Å². The summed E-state index contributed by atoms with van der Waals surface area (Å²) in [5.74, 6) is -1.14. The van der Waals surface area contributed by atoms with Gasteiger partial charge < -0.3 is 20.3 Å². The lowest BCUT2D eigenvalue weighted by Gasteiger charge is -2.15. The highest BCUT2D eigenvalue weighted by molar-refractivity contribution is 6.39. The molecule has 1 heterocycles. The summed E-state index contributed by atoms with van der Waals surface area (Å²) in [4.78, 5) is 24.0. The van der Waals surface area contributed by atoms with Crippen molar-refractivity contribution in [1.29, 1.82) is 0 Å². The molecule has 2 rings (SSSR count).